The molecule has 3 aromatic rings. The van der Waals surface area contributed by atoms with Gasteiger partial charge in [-0.1, -0.05) is 17.7 Å². The zero-order valence-electron chi connectivity index (χ0n) is 16.8. The number of piperazine rings is 1. The Bertz CT molecular complexity index is 1250. The first-order chi connectivity index (χ1) is 14.9. The molecule has 0 saturated carbocycles. The quantitative estimate of drug-likeness (QED) is 0.451. The molecule has 6 N–H and O–H groups in total. The van der Waals surface area contributed by atoms with Crippen molar-refractivity contribution in [2.45, 2.75) is 13.0 Å². The Hall–Kier alpha value is -3.62. The van der Waals surface area contributed by atoms with Crippen molar-refractivity contribution >= 4 is 40.1 Å². The van der Waals surface area contributed by atoms with Crippen molar-refractivity contribution in [3.63, 3.8) is 0 Å². The van der Waals surface area contributed by atoms with Gasteiger partial charge in [-0.25, -0.2) is 9.66 Å². The summed E-state index contributed by atoms with van der Waals surface area (Å²) in [5.41, 5.74) is 11.8. The second-order valence-corrected chi connectivity index (χ2v) is 7.50. The summed E-state index contributed by atoms with van der Waals surface area (Å²) >= 11 is 6.33. The minimum Gasteiger partial charge on any atom is -0.382 e. The van der Waals surface area contributed by atoms with Gasteiger partial charge in [0, 0.05) is 26.2 Å². The van der Waals surface area contributed by atoms with Crippen molar-refractivity contribution in [2.75, 3.05) is 48.0 Å². The number of nitrogens with one attached hydrogen (secondary N) is 2. The molecular formula is C19H21ClN10O. The van der Waals surface area contributed by atoms with E-state index in [9.17, 15) is 10.1 Å². The number of halogens is 1. The molecule has 12 heteroatoms. The largest absolute Gasteiger partial charge is 0.382 e. The number of rotatable bonds is 4. The maximum atomic E-state index is 13.5. The Kier molecular flexibility index (Phi) is 5.50. The molecule has 0 spiro atoms. The topological polar surface area (TPSA) is 164 Å². The van der Waals surface area contributed by atoms with Crippen LogP contribution in [0.1, 0.15) is 24.4 Å². The summed E-state index contributed by atoms with van der Waals surface area (Å²) < 4.78 is 1.55. The fourth-order valence-corrected chi connectivity index (χ4v) is 3.84. The molecule has 1 aromatic carbocycles. The molecule has 0 amide bonds. The number of nitrogens with zero attached hydrogens (tertiary/aromatic N) is 6. The Morgan fingerprint density at radius 3 is 2.71 bits per heavy atom. The van der Waals surface area contributed by atoms with Gasteiger partial charge < -0.3 is 27.1 Å². The van der Waals surface area contributed by atoms with Crippen LogP contribution in [0.5, 0.6) is 0 Å². The summed E-state index contributed by atoms with van der Waals surface area (Å²) in [6.07, 6.45) is 0. The maximum absolute atomic E-state index is 13.5. The van der Waals surface area contributed by atoms with Crippen molar-refractivity contribution in [3.8, 4) is 6.07 Å². The smallest absolute Gasteiger partial charge is 0.281 e. The van der Waals surface area contributed by atoms with E-state index in [4.69, 9.17) is 28.1 Å². The molecule has 4 rings (SSSR count). The van der Waals surface area contributed by atoms with Gasteiger partial charge in [-0.2, -0.15) is 15.2 Å². The molecule has 0 bridgehead atoms. The van der Waals surface area contributed by atoms with Gasteiger partial charge in [-0.15, -0.1) is 0 Å². The van der Waals surface area contributed by atoms with Crippen LogP contribution in [0.3, 0.4) is 0 Å². The summed E-state index contributed by atoms with van der Waals surface area (Å²) in [6, 6.07) is 6.61. The molecule has 0 aliphatic carbocycles. The number of anilines is 3. The summed E-state index contributed by atoms with van der Waals surface area (Å²) in [6.45, 7) is 4.51. The molecule has 2 aromatic heterocycles. The fourth-order valence-electron chi connectivity index (χ4n) is 3.59. The average molecular weight is 441 g/mol. The minimum atomic E-state index is -0.522. The number of benzene rings is 1. The predicted molar refractivity (Wildman–Crippen MR) is 119 cm³/mol. The summed E-state index contributed by atoms with van der Waals surface area (Å²) in [4.78, 5) is 26.1. The zero-order valence-corrected chi connectivity index (χ0v) is 17.5. The second kappa shape index (κ2) is 8.25. The predicted octanol–water partition coefficient (Wildman–Crippen LogP) is 0.590. The summed E-state index contributed by atoms with van der Waals surface area (Å²) in [5, 5.41) is 18.5. The van der Waals surface area contributed by atoms with E-state index in [0.717, 1.165) is 13.1 Å². The first kappa shape index (κ1) is 20.6. The Morgan fingerprint density at radius 2 is 2.00 bits per heavy atom. The van der Waals surface area contributed by atoms with Crippen molar-refractivity contribution < 1.29 is 0 Å². The third-order valence-electron chi connectivity index (χ3n) is 5.03. The molecule has 1 atom stereocenters. The van der Waals surface area contributed by atoms with E-state index >= 15 is 0 Å². The Labute approximate surface area is 182 Å². The third kappa shape index (κ3) is 3.78. The molecule has 1 aliphatic rings. The van der Waals surface area contributed by atoms with Crippen molar-refractivity contribution in [1.29, 1.82) is 5.26 Å². The molecular weight excluding hydrogens is 420 g/mol. The monoisotopic (exact) mass is 440 g/mol. The lowest BCUT2D eigenvalue weighted by Crippen LogP contribution is -2.54. The van der Waals surface area contributed by atoms with E-state index in [2.05, 4.69) is 20.6 Å². The Balaban J connectivity index is 1.87. The number of nitrogen functional groups attached to an aromatic ring is 2. The zero-order chi connectivity index (χ0) is 22.1. The molecule has 1 unspecified atom stereocenters. The van der Waals surface area contributed by atoms with Gasteiger partial charge in [-0.05, 0) is 19.1 Å². The normalized spacial score (nSPS) is 14.9. The van der Waals surface area contributed by atoms with E-state index in [-0.39, 0.29) is 28.7 Å². The van der Waals surface area contributed by atoms with Crippen LogP contribution in [-0.2, 0) is 0 Å². The standard InChI is InChI=1S/C19H21ClN10O/c1-10(25-16-11(9-21)15(22)27-19(23)28-16)17-26-13-4-2-3-12(20)14(13)18(31)30(17)29-7-5-24-6-8-29/h2-4,10,24H,5-8H2,1H3,(H5,22,23,25,27,28). The van der Waals surface area contributed by atoms with Crippen LogP contribution in [0, 0.1) is 11.3 Å². The molecule has 160 valence electrons. The van der Waals surface area contributed by atoms with Crippen molar-refractivity contribution in [1.82, 2.24) is 24.9 Å². The van der Waals surface area contributed by atoms with E-state index in [1.54, 1.807) is 22.9 Å². The number of hydrogen-bond acceptors (Lipinski definition) is 10. The maximum Gasteiger partial charge on any atom is 0.281 e. The molecule has 1 saturated heterocycles. The number of nitriles is 1. The highest BCUT2D eigenvalue weighted by Crippen LogP contribution is 2.25. The van der Waals surface area contributed by atoms with E-state index < -0.39 is 6.04 Å². The Morgan fingerprint density at radius 1 is 1.26 bits per heavy atom. The van der Waals surface area contributed by atoms with Crippen LogP contribution in [0.2, 0.25) is 5.02 Å². The molecule has 11 nitrogen and oxygen atoms in total. The number of aromatic nitrogens is 4. The van der Waals surface area contributed by atoms with Gasteiger partial charge in [0.15, 0.2) is 11.6 Å². The van der Waals surface area contributed by atoms with Crippen LogP contribution in [0.25, 0.3) is 10.9 Å². The van der Waals surface area contributed by atoms with Gasteiger partial charge in [0.05, 0.1) is 22.0 Å². The minimum absolute atomic E-state index is 0.0255. The molecule has 3 heterocycles. The number of fused-ring (bicyclic) bond motifs is 1. The summed E-state index contributed by atoms with van der Waals surface area (Å²) in [5.74, 6) is 0.528. The number of hydrogen-bond donors (Lipinski definition) is 4. The van der Waals surface area contributed by atoms with Gasteiger partial charge in [0.2, 0.25) is 5.95 Å². The van der Waals surface area contributed by atoms with Gasteiger partial charge in [0.1, 0.15) is 17.5 Å². The van der Waals surface area contributed by atoms with Gasteiger partial charge in [-0.3, -0.25) is 4.79 Å². The number of nitrogens with two attached hydrogens (primary N) is 2. The molecule has 1 aliphatic heterocycles. The highest BCUT2D eigenvalue weighted by atomic mass is 35.5. The lowest BCUT2D eigenvalue weighted by Gasteiger charge is -2.33. The van der Waals surface area contributed by atoms with E-state index in [1.165, 1.54) is 0 Å². The van der Waals surface area contributed by atoms with E-state index in [1.807, 2.05) is 18.0 Å². The molecule has 31 heavy (non-hydrogen) atoms. The summed E-state index contributed by atoms with van der Waals surface area (Å²) in [7, 11) is 0. The first-order valence-electron chi connectivity index (χ1n) is 9.67. The average Bonchev–Trinajstić information content (AvgIpc) is 2.74. The van der Waals surface area contributed by atoms with Gasteiger partial charge in [0.25, 0.3) is 5.56 Å². The fraction of sp³-hybridized carbons (Fsp3) is 0.316. The lowest BCUT2D eigenvalue weighted by atomic mass is 10.2. The second-order valence-electron chi connectivity index (χ2n) is 7.09. The highest BCUT2D eigenvalue weighted by Gasteiger charge is 2.24. The SMILES string of the molecule is CC(Nc1nc(N)nc(N)c1C#N)c1nc2cccc(Cl)c2c(=O)n1N1CCNCC1. The van der Waals surface area contributed by atoms with Crippen molar-refractivity contribution in [2.24, 2.45) is 0 Å². The van der Waals surface area contributed by atoms with Gasteiger partial charge >= 0.3 is 0 Å². The van der Waals surface area contributed by atoms with Crippen LogP contribution in [0.15, 0.2) is 23.0 Å². The first-order valence-corrected chi connectivity index (χ1v) is 10.0. The van der Waals surface area contributed by atoms with Crippen LogP contribution < -0.4 is 32.7 Å². The third-order valence-corrected chi connectivity index (χ3v) is 5.35. The molecule has 0 radical (unpaired) electrons. The lowest BCUT2D eigenvalue weighted by molar-refractivity contribution is 0.461. The van der Waals surface area contributed by atoms with Crippen LogP contribution in [-0.4, -0.2) is 45.8 Å². The van der Waals surface area contributed by atoms with Crippen LogP contribution in [0.4, 0.5) is 17.6 Å². The molecule has 1 fully saturated rings. The van der Waals surface area contributed by atoms with Crippen molar-refractivity contribution in [3.05, 3.63) is 45.0 Å². The highest BCUT2D eigenvalue weighted by molar-refractivity contribution is 6.35. The van der Waals surface area contributed by atoms with Crippen LogP contribution >= 0.6 is 11.6 Å². The van der Waals surface area contributed by atoms with E-state index in [0.29, 0.717) is 34.8 Å².